The summed E-state index contributed by atoms with van der Waals surface area (Å²) in [5, 5.41) is 7.52. The van der Waals surface area contributed by atoms with Crippen molar-refractivity contribution >= 4 is 17.3 Å². The Bertz CT molecular complexity index is 694. The molecule has 1 aromatic carbocycles. The lowest BCUT2D eigenvalue weighted by atomic mass is 9.84. The second kappa shape index (κ2) is 8.24. The predicted molar refractivity (Wildman–Crippen MR) is 99.1 cm³/mol. The smallest absolute Gasteiger partial charge is 0.191 e. The monoisotopic (exact) mass is 348 g/mol. The number of thiazole rings is 1. The van der Waals surface area contributed by atoms with Crippen molar-refractivity contribution in [2.75, 3.05) is 13.1 Å². The second-order valence-corrected chi connectivity index (χ2v) is 7.60. The van der Waals surface area contributed by atoms with Crippen LogP contribution in [0.3, 0.4) is 0 Å². The summed E-state index contributed by atoms with van der Waals surface area (Å²) in [6.07, 6.45) is 1.86. The van der Waals surface area contributed by atoms with Gasteiger partial charge in [0.05, 0.1) is 6.54 Å². The van der Waals surface area contributed by atoms with E-state index in [1.165, 1.54) is 10.9 Å². The van der Waals surface area contributed by atoms with Gasteiger partial charge in [-0.1, -0.05) is 32.0 Å². The van der Waals surface area contributed by atoms with E-state index in [4.69, 9.17) is 0 Å². The van der Waals surface area contributed by atoms with E-state index in [9.17, 15) is 4.39 Å². The van der Waals surface area contributed by atoms with Gasteiger partial charge in [-0.2, -0.15) is 0 Å². The van der Waals surface area contributed by atoms with E-state index in [2.05, 4.69) is 20.6 Å². The Balaban J connectivity index is 2.03. The van der Waals surface area contributed by atoms with E-state index in [0.717, 1.165) is 17.5 Å². The molecule has 0 aliphatic carbocycles. The number of hydrogen-bond donors (Lipinski definition) is 2. The topological polar surface area (TPSA) is 49.3 Å². The van der Waals surface area contributed by atoms with Crippen LogP contribution < -0.4 is 10.6 Å². The van der Waals surface area contributed by atoms with Gasteiger partial charge in [0.2, 0.25) is 0 Å². The van der Waals surface area contributed by atoms with E-state index in [0.29, 0.717) is 18.7 Å². The molecule has 4 nitrogen and oxygen atoms in total. The molecule has 6 heteroatoms. The van der Waals surface area contributed by atoms with Gasteiger partial charge >= 0.3 is 0 Å². The third-order valence-electron chi connectivity index (χ3n) is 3.69. The Morgan fingerprint density at radius 1 is 1.29 bits per heavy atom. The Morgan fingerprint density at radius 3 is 2.67 bits per heavy atom. The van der Waals surface area contributed by atoms with Crippen molar-refractivity contribution in [1.29, 1.82) is 0 Å². The lowest BCUT2D eigenvalue weighted by Crippen LogP contribution is -2.43. The molecule has 2 aromatic rings. The molecule has 2 rings (SSSR count). The highest BCUT2D eigenvalue weighted by Crippen LogP contribution is 2.24. The van der Waals surface area contributed by atoms with Crippen LogP contribution in [0.5, 0.6) is 0 Å². The van der Waals surface area contributed by atoms with Crippen molar-refractivity contribution < 1.29 is 4.39 Å². The molecular formula is C18H25FN4S. The molecule has 130 valence electrons. The maximum absolute atomic E-state index is 14.0. The number of aromatic nitrogens is 1. The number of aliphatic imine (C=N–C) groups is 1. The van der Waals surface area contributed by atoms with Gasteiger partial charge in [-0.05, 0) is 25.5 Å². The Kier molecular flexibility index (Phi) is 6.31. The minimum atomic E-state index is -0.348. The van der Waals surface area contributed by atoms with E-state index >= 15 is 0 Å². The minimum absolute atomic E-state index is 0.176. The normalized spacial score (nSPS) is 12.3. The molecule has 0 aliphatic heterocycles. The van der Waals surface area contributed by atoms with Crippen LogP contribution in [0.25, 0.3) is 0 Å². The zero-order valence-electron chi connectivity index (χ0n) is 14.7. The molecular weight excluding hydrogens is 323 g/mol. The number of hydrogen-bond acceptors (Lipinski definition) is 3. The van der Waals surface area contributed by atoms with Crippen LogP contribution in [0.2, 0.25) is 0 Å². The van der Waals surface area contributed by atoms with Crippen molar-refractivity contribution in [2.45, 2.75) is 39.7 Å². The molecule has 1 heterocycles. The number of guanidine groups is 1. The largest absolute Gasteiger partial charge is 0.357 e. The van der Waals surface area contributed by atoms with E-state index in [1.54, 1.807) is 17.4 Å². The fraction of sp³-hybridized carbons (Fsp3) is 0.444. The van der Waals surface area contributed by atoms with E-state index < -0.39 is 0 Å². The van der Waals surface area contributed by atoms with Crippen LogP contribution in [0.1, 0.15) is 36.2 Å². The summed E-state index contributed by atoms with van der Waals surface area (Å²) in [7, 11) is 0. The third-order valence-corrected chi connectivity index (χ3v) is 4.58. The number of benzene rings is 1. The first kappa shape index (κ1) is 18.4. The van der Waals surface area contributed by atoms with Gasteiger partial charge < -0.3 is 10.6 Å². The summed E-state index contributed by atoms with van der Waals surface area (Å²) in [6.45, 7) is 9.98. The van der Waals surface area contributed by atoms with Gasteiger partial charge in [-0.3, -0.25) is 0 Å². The molecule has 0 saturated heterocycles. The molecule has 0 aliphatic rings. The maximum atomic E-state index is 14.0. The van der Waals surface area contributed by atoms with Crippen LogP contribution >= 0.6 is 11.3 Å². The van der Waals surface area contributed by atoms with E-state index in [1.807, 2.05) is 46.0 Å². The quantitative estimate of drug-likeness (QED) is 0.619. The molecule has 2 N–H and O–H groups in total. The maximum Gasteiger partial charge on any atom is 0.191 e. The van der Waals surface area contributed by atoms with Gasteiger partial charge in [0.1, 0.15) is 10.8 Å². The Morgan fingerprint density at radius 2 is 2.04 bits per heavy atom. The average Bonchev–Trinajstić information content (AvgIpc) is 2.96. The van der Waals surface area contributed by atoms with Gasteiger partial charge in [-0.25, -0.2) is 14.4 Å². The van der Waals surface area contributed by atoms with Crippen LogP contribution in [-0.2, 0) is 12.0 Å². The minimum Gasteiger partial charge on any atom is -0.357 e. The summed E-state index contributed by atoms with van der Waals surface area (Å²) in [4.78, 5) is 10.1. The number of rotatable bonds is 6. The Hall–Kier alpha value is -1.95. The highest BCUT2D eigenvalue weighted by atomic mass is 32.1. The highest BCUT2D eigenvalue weighted by Gasteiger charge is 2.24. The summed E-state index contributed by atoms with van der Waals surface area (Å²) < 4.78 is 14.0. The fourth-order valence-electron chi connectivity index (χ4n) is 2.37. The van der Waals surface area contributed by atoms with Crippen molar-refractivity contribution in [3.8, 4) is 0 Å². The molecule has 0 spiro atoms. The van der Waals surface area contributed by atoms with Crippen LogP contribution in [0.15, 0.2) is 35.5 Å². The van der Waals surface area contributed by atoms with Gasteiger partial charge in [0.15, 0.2) is 5.96 Å². The van der Waals surface area contributed by atoms with Crippen molar-refractivity contribution in [2.24, 2.45) is 4.99 Å². The molecule has 0 amide bonds. The molecule has 0 saturated carbocycles. The zero-order valence-corrected chi connectivity index (χ0v) is 15.5. The first-order valence-corrected chi connectivity index (χ1v) is 8.92. The number of aryl methyl sites for hydroxylation is 1. The molecule has 1 aromatic heterocycles. The number of nitrogens with zero attached hydrogens (tertiary/aromatic N) is 2. The van der Waals surface area contributed by atoms with Gasteiger partial charge in [-0.15, -0.1) is 11.3 Å². The summed E-state index contributed by atoms with van der Waals surface area (Å²) >= 11 is 1.65. The van der Waals surface area contributed by atoms with Gasteiger partial charge in [0.25, 0.3) is 0 Å². The lowest BCUT2D eigenvalue weighted by Gasteiger charge is -2.27. The summed E-state index contributed by atoms with van der Waals surface area (Å²) in [6, 6.07) is 6.91. The second-order valence-electron chi connectivity index (χ2n) is 6.28. The molecule has 0 bridgehead atoms. The lowest BCUT2D eigenvalue weighted by molar-refractivity contribution is 0.473. The molecule has 0 unspecified atom stereocenters. The van der Waals surface area contributed by atoms with Gasteiger partial charge in [0, 0.05) is 29.6 Å². The fourth-order valence-corrected chi connectivity index (χ4v) is 3.08. The third kappa shape index (κ3) is 5.03. The van der Waals surface area contributed by atoms with Crippen LogP contribution in [0, 0.1) is 12.7 Å². The summed E-state index contributed by atoms with van der Waals surface area (Å²) in [5.41, 5.74) is 0.350. The first-order valence-electron chi connectivity index (χ1n) is 8.11. The van der Waals surface area contributed by atoms with Crippen molar-refractivity contribution in [1.82, 2.24) is 15.6 Å². The van der Waals surface area contributed by atoms with Crippen LogP contribution in [0.4, 0.5) is 4.39 Å². The molecule has 0 fully saturated rings. The standard InChI is InChI=1S/C18H25FN4S/c1-5-20-17(22-11-16-21-10-13(2)24-16)23-12-18(3,4)14-8-6-7-9-15(14)19/h6-10H,5,11-12H2,1-4H3,(H2,20,22,23). The zero-order chi connectivity index (χ0) is 17.6. The van der Waals surface area contributed by atoms with E-state index in [-0.39, 0.29) is 11.2 Å². The molecule has 24 heavy (non-hydrogen) atoms. The Labute approximate surface area is 147 Å². The summed E-state index contributed by atoms with van der Waals surface area (Å²) in [5.74, 6) is 0.541. The predicted octanol–water partition coefficient (Wildman–Crippen LogP) is 3.62. The average molecular weight is 348 g/mol. The van der Waals surface area contributed by atoms with Crippen molar-refractivity contribution in [3.05, 3.63) is 51.7 Å². The highest BCUT2D eigenvalue weighted by molar-refractivity contribution is 7.11. The number of nitrogens with one attached hydrogen (secondary N) is 2. The molecule has 0 radical (unpaired) electrons. The number of halogens is 1. The van der Waals surface area contributed by atoms with Crippen LogP contribution in [-0.4, -0.2) is 24.0 Å². The molecule has 0 atom stereocenters. The first-order chi connectivity index (χ1) is 11.4. The SMILES string of the molecule is CCNC(=NCc1ncc(C)s1)NCC(C)(C)c1ccccc1F. The van der Waals surface area contributed by atoms with Crippen molar-refractivity contribution in [3.63, 3.8) is 0 Å².